The van der Waals surface area contributed by atoms with Crippen LogP contribution in [0, 0.1) is 0 Å². The molecular formula is C26H27BrN2O3. The molecule has 3 rings (SSSR count). The highest BCUT2D eigenvalue weighted by molar-refractivity contribution is 9.10. The molecule has 1 N–H and O–H groups in total. The van der Waals surface area contributed by atoms with Gasteiger partial charge in [-0.2, -0.15) is 0 Å². The topological polar surface area (TPSA) is 58.6 Å². The molecule has 3 aromatic rings. The standard InChI is InChI=1S/C26H27BrN2O3/c1-3-5-17-32-24-16-13-20(18-23(24)27)25(30)28-21-14-11-19(12-15-21)26(31)29(4-2)22-9-7-6-8-10-22/h6-16,18H,3-5,17H2,1-2H3,(H,28,30). The van der Waals surface area contributed by atoms with E-state index in [-0.39, 0.29) is 11.8 Å². The van der Waals surface area contributed by atoms with Crippen LogP contribution in [0.2, 0.25) is 0 Å². The Labute approximate surface area is 197 Å². The van der Waals surface area contributed by atoms with Crippen molar-refractivity contribution in [2.45, 2.75) is 26.7 Å². The molecule has 5 nitrogen and oxygen atoms in total. The molecule has 0 saturated carbocycles. The Bertz CT molecular complexity index is 1050. The minimum absolute atomic E-state index is 0.0841. The summed E-state index contributed by atoms with van der Waals surface area (Å²) in [5.41, 5.74) is 2.55. The smallest absolute Gasteiger partial charge is 0.258 e. The highest BCUT2D eigenvalue weighted by Crippen LogP contribution is 2.27. The van der Waals surface area contributed by atoms with E-state index >= 15 is 0 Å². The van der Waals surface area contributed by atoms with Crippen molar-refractivity contribution >= 4 is 39.1 Å². The minimum atomic E-state index is -0.232. The van der Waals surface area contributed by atoms with Gasteiger partial charge in [-0.1, -0.05) is 31.5 Å². The van der Waals surface area contributed by atoms with Gasteiger partial charge in [0.15, 0.2) is 0 Å². The molecular weight excluding hydrogens is 468 g/mol. The Morgan fingerprint density at radius 3 is 2.25 bits per heavy atom. The van der Waals surface area contributed by atoms with Gasteiger partial charge in [0.25, 0.3) is 11.8 Å². The molecule has 0 aliphatic rings. The summed E-state index contributed by atoms with van der Waals surface area (Å²) in [4.78, 5) is 27.3. The van der Waals surface area contributed by atoms with E-state index < -0.39 is 0 Å². The lowest BCUT2D eigenvalue weighted by molar-refractivity contribution is 0.0987. The molecule has 166 valence electrons. The third-order valence-electron chi connectivity index (χ3n) is 4.97. The first-order chi connectivity index (χ1) is 15.5. The van der Waals surface area contributed by atoms with Gasteiger partial charge in [-0.05, 0) is 83.9 Å². The maximum atomic E-state index is 12.9. The van der Waals surface area contributed by atoms with Crippen LogP contribution in [0.1, 0.15) is 47.4 Å². The van der Waals surface area contributed by atoms with E-state index in [9.17, 15) is 9.59 Å². The van der Waals surface area contributed by atoms with Gasteiger partial charge < -0.3 is 15.0 Å². The van der Waals surface area contributed by atoms with Crippen LogP contribution >= 0.6 is 15.9 Å². The number of benzene rings is 3. The van der Waals surface area contributed by atoms with Gasteiger partial charge in [0.1, 0.15) is 5.75 Å². The number of amides is 2. The molecule has 0 spiro atoms. The quantitative estimate of drug-likeness (QED) is 0.343. The van der Waals surface area contributed by atoms with Crippen molar-refractivity contribution in [1.82, 2.24) is 0 Å². The fourth-order valence-corrected chi connectivity index (χ4v) is 3.69. The number of hydrogen-bond acceptors (Lipinski definition) is 3. The highest BCUT2D eigenvalue weighted by Gasteiger charge is 2.16. The van der Waals surface area contributed by atoms with E-state index in [1.54, 1.807) is 47.4 Å². The Hall–Kier alpha value is -3.12. The van der Waals surface area contributed by atoms with Crippen LogP contribution in [0.25, 0.3) is 0 Å². The number of nitrogens with one attached hydrogen (secondary N) is 1. The van der Waals surface area contributed by atoms with E-state index in [4.69, 9.17) is 4.74 Å². The lowest BCUT2D eigenvalue weighted by Crippen LogP contribution is -2.30. The van der Waals surface area contributed by atoms with Gasteiger partial charge in [0.2, 0.25) is 0 Å². The first-order valence-electron chi connectivity index (χ1n) is 10.7. The SMILES string of the molecule is CCCCOc1ccc(C(=O)Nc2ccc(C(=O)N(CC)c3ccccc3)cc2)cc1Br. The maximum absolute atomic E-state index is 12.9. The van der Waals surface area contributed by atoms with Gasteiger partial charge >= 0.3 is 0 Å². The first kappa shape index (κ1) is 23.5. The average Bonchev–Trinajstić information content (AvgIpc) is 2.82. The molecule has 6 heteroatoms. The predicted molar refractivity (Wildman–Crippen MR) is 133 cm³/mol. The molecule has 0 atom stereocenters. The van der Waals surface area contributed by atoms with E-state index in [1.807, 2.05) is 37.3 Å². The van der Waals surface area contributed by atoms with E-state index in [0.29, 0.717) is 30.0 Å². The number of nitrogens with zero attached hydrogens (tertiary/aromatic N) is 1. The van der Waals surface area contributed by atoms with Crippen molar-refractivity contribution in [3.05, 3.63) is 88.4 Å². The number of halogens is 1. The molecule has 0 aliphatic heterocycles. The molecule has 0 unspecified atom stereocenters. The number of anilines is 2. The zero-order valence-corrected chi connectivity index (χ0v) is 19.9. The van der Waals surface area contributed by atoms with Crippen molar-refractivity contribution in [1.29, 1.82) is 0 Å². The normalized spacial score (nSPS) is 10.5. The molecule has 0 aliphatic carbocycles. The number of ether oxygens (including phenoxy) is 1. The Morgan fingerprint density at radius 1 is 0.938 bits per heavy atom. The van der Waals surface area contributed by atoms with Gasteiger partial charge in [-0.15, -0.1) is 0 Å². The molecule has 0 bridgehead atoms. The summed E-state index contributed by atoms with van der Waals surface area (Å²) in [6.07, 6.45) is 2.04. The predicted octanol–water partition coefficient (Wildman–Crippen LogP) is 6.55. The Morgan fingerprint density at radius 2 is 1.62 bits per heavy atom. The molecule has 0 aromatic heterocycles. The molecule has 3 aromatic carbocycles. The maximum Gasteiger partial charge on any atom is 0.258 e. The Balaban J connectivity index is 1.65. The molecule has 2 amide bonds. The van der Waals surface area contributed by atoms with Gasteiger partial charge in [0.05, 0.1) is 11.1 Å². The van der Waals surface area contributed by atoms with Crippen molar-refractivity contribution in [3.8, 4) is 5.75 Å². The highest BCUT2D eigenvalue weighted by atomic mass is 79.9. The molecule has 0 saturated heterocycles. The summed E-state index contributed by atoms with van der Waals surface area (Å²) in [6.45, 7) is 5.26. The average molecular weight is 495 g/mol. The number of rotatable bonds is 9. The van der Waals surface area contributed by atoms with E-state index in [1.165, 1.54) is 0 Å². The summed E-state index contributed by atoms with van der Waals surface area (Å²) in [5.74, 6) is 0.403. The van der Waals surface area contributed by atoms with Crippen LogP contribution in [0.5, 0.6) is 5.75 Å². The summed E-state index contributed by atoms with van der Waals surface area (Å²) < 4.78 is 6.45. The van der Waals surface area contributed by atoms with Gasteiger partial charge in [-0.25, -0.2) is 0 Å². The third kappa shape index (κ3) is 5.98. The molecule has 0 fully saturated rings. The monoisotopic (exact) mass is 494 g/mol. The van der Waals surface area contributed by atoms with Crippen LogP contribution in [0.15, 0.2) is 77.3 Å². The summed E-state index contributed by atoms with van der Waals surface area (Å²) >= 11 is 3.47. The summed E-state index contributed by atoms with van der Waals surface area (Å²) in [7, 11) is 0. The second-order valence-corrected chi connectivity index (χ2v) is 8.12. The number of carbonyl (C=O) groups excluding carboxylic acids is 2. The number of para-hydroxylation sites is 1. The van der Waals surface area contributed by atoms with Crippen LogP contribution in [0.4, 0.5) is 11.4 Å². The first-order valence-corrected chi connectivity index (χ1v) is 11.5. The van der Waals surface area contributed by atoms with Crippen molar-refractivity contribution in [2.75, 3.05) is 23.4 Å². The second-order valence-electron chi connectivity index (χ2n) is 7.26. The zero-order chi connectivity index (χ0) is 22.9. The van der Waals surface area contributed by atoms with Gasteiger partial charge in [-0.3, -0.25) is 9.59 Å². The lowest BCUT2D eigenvalue weighted by Gasteiger charge is -2.21. The number of carbonyl (C=O) groups is 2. The second kappa shape index (κ2) is 11.5. The van der Waals surface area contributed by atoms with Crippen molar-refractivity contribution < 1.29 is 14.3 Å². The molecule has 32 heavy (non-hydrogen) atoms. The Kier molecular flexibility index (Phi) is 8.45. The van der Waals surface area contributed by atoms with Crippen LogP contribution in [-0.4, -0.2) is 25.0 Å². The van der Waals surface area contributed by atoms with Crippen LogP contribution < -0.4 is 15.0 Å². The fraction of sp³-hybridized carbons (Fsp3) is 0.231. The zero-order valence-electron chi connectivity index (χ0n) is 18.3. The summed E-state index contributed by atoms with van der Waals surface area (Å²) in [5, 5.41) is 2.87. The van der Waals surface area contributed by atoms with Crippen LogP contribution in [-0.2, 0) is 0 Å². The molecule has 0 heterocycles. The van der Waals surface area contributed by atoms with E-state index in [0.717, 1.165) is 28.8 Å². The number of hydrogen-bond donors (Lipinski definition) is 1. The number of unbranched alkanes of at least 4 members (excludes halogenated alkanes) is 1. The minimum Gasteiger partial charge on any atom is -0.492 e. The van der Waals surface area contributed by atoms with Crippen molar-refractivity contribution in [2.24, 2.45) is 0 Å². The summed E-state index contributed by atoms with van der Waals surface area (Å²) in [6, 6.07) is 21.8. The molecule has 0 radical (unpaired) electrons. The fourth-order valence-electron chi connectivity index (χ4n) is 3.19. The van der Waals surface area contributed by atoms with E-state index in [2.05, 4.69) is 28.2 Å². The van der Waals surface area contributed by atoms with Gasteiger partial charge in [0, 0.05) is 29.0 Å². The van der Waals surface area contributed by atoms with Crippen LogP contribution in [0.3, 0.4) is 0 Å². The largest absolute Gasteiger partial charge is 0.492 e. The third-order valence-corrected chi connectivity index (χ3v) is 5.59. The lowest BCUT2D eigenvalue weighted by atomic mass is 10.1. The van der Waals surface area contributed by atoms with Crippen molar-refractivity contribution in [3.63, 3.8) is 0 Å².